The van der Waals surface area contributed by atoms with E-state index in [2.05, 4.69) is 269 Å². The Morgan fingerprint density at radius 2 is 1.05 bits per heavy atom. The number of fused-ring (bicyclic) bond motifs is 10. The second kappa shape index (κ2) is 16.8. The van der Waals surface area contributed by atoms with Crippen LogP contribution in [0.1, 0.15) is 150 Å². The number of hydrogen-bond donors (Lipinski definition) is 0. The van der Waals surface area contributed by atoms with Gasteiger partial charge in [0.2, 0.25) is 0 Å². The number of anilines is 8. The van der Waals surface area contributed by atoms with Crippen LogP contribution in [0.15, 0.2) is 162 Å². The lowest BCUT2D eigenvalue weighted by atomic mass is 9.33. The first kappa shape index (κ1) is 49.6. The Balaban J connectivity index is 1.20. The van der Waals surface area contributed by atoms with Crippen LogP contribution in [0.2, 0.25) is 0 Å². The molecule has 13 rings (SSSR count). The zero-order chi connectivity index (χ0) is 53.9. The number of rotatable bonds is 5. The lowest BCUT2D eigenvalue weighted by Gasteiger charge is -2.53. The maximum Gasteiger partial charge on any atom is 0.252 e. The molecule has 1 aromatic heterocycles. The van der Waals surface area contributed by atoms with Gasteiger partial charge in [-0.05, 0) is 158 Å². The van der Waals surface area contributed by atoms with E-state index >= 15 is 0 Å². The van der Waals surface area contributed by atoms with E-state index in [0.29, 0.717) is 0 Å². The molecule has 0 spiro atoms. The van der Waals surface area contributed by atoms with Crippen LogP contribution in [0.3, 0.4) is 0 Å². The first-order valence-electron chi connectivity index (χ1n) is 28.6. The van der Waals surface area contributed by atoms with Crippen molar-refractivity contribution in [2.75, 3.05) is 14.7 Å². The summed E-state index contributed by atoms with van der Waals surface area (Å²) in [6.07, 6.45) is 4.70. The zero-order valence-corrected chi connectivity index (χ0v) is 48.2. The van der Waals surface area contributed by atoms with Crippen LogP contribution >= 0.6 is 0 Å². The van der Waals surface area contributed by atoms with E-state index in [1.165, 1.54) is 90.9 Å². The van der Waals surface area contributed by atoms with Crippen LogP contribution < -0.4 is 31.1 Å². The molecular formula is C72H76BN3O. The summed E-state index contributed by atoms with van der Waals surface area (Å²) in [6, 6.07) is 61.2. The van der Waals surface area contributed by atoms with Gasteiger partial charge >= 0.3 is 0 Å². The van der Waals surface area contributed by atoms with Crippen molar-refractivity contribution in [2.45, 2.75) is 155 Å². The lowest BCUT2D eigenvalue weighted by Crippen LogP contribution is -2.64. The van der Waals surface area contributed by atoms with Gasteiger partial charge in [0.25, 0.3) is 6.71 Å². The molecule has 4 aliphatic rings. The van der Waals surface area contributed by atoms with Gasteiger partial charge in [0.15, 0.2) is 0 Å². The van der Waals surface area contributed by atoms with Crippen molar-refractivity contribution in [3.05, 3.63) is 186 Å². The molecule has 3 aliphatic heterocycles. The number of benzene rings is 8. The highest BCUT2D eigenvalue weighted by Gasteiger charge is 2.62. The maximum atomic E-state index is 6.94. The number of hydrogen-bond acceptors (Lipinski definition) is 4. The molecule has 0 amide bonds. The predicted molar refractivity (Wildman–Crippen MR) is 331 cm³/mol. The van der Waals surface area contributed by atoms with Crippen molar-refractivity contribution in [1.29, 1.82) is 0 Å². The molecule has 2 unspecified atom stereocenters. The molecule has 4 heterocycles. The highest BCUT2D eigenvalue weighted by molar-refractivity contribution is 7.00. The molecule has 0 N–H and O–H groups in total. The zero-order valence-electron chi connectivity index (χ0n) is 48.2. The minimum Gasteiger partial charge on any atom is -0.456 e. The summed E-state index contributed by atoms with van der Waals surface area (Å²) < 4.78 is 6.94. The molecule has 1 fully saturated rings. The van der Waals surface area contributed by atoms with Gasteiger partial charge in [-0.3, -0.25) is 0 Å². The molecule has 8 aromatic carbocycles. The van der Waals surface area contributed by atoms with Crippen molar-refractivity contribution < 1.29 is 4.42 Å². The minimum atomic E-state index is -0.179. The van der Waals surface area contributed by atoms with Crippen LogP contribution in [-0.2, 0) is 27.1 Å². The summed E-state index contributed by atoms with van der Waals surface area (Å²) in [6.45, 7) is 33.3. The van der Waals surface area contributed by atoms with Crippen LogP contribution in [0.4, 0.5) is 45.5 Å². The van der Waals surface area contributed by atoms with Crippen molar-refractivity contribution >= 4 is 90.5 Å². The normalized spacial score (nSPS) is 18.9. The Labute approximate surface area is 459 Å². The van der Waals surface area contributed by atoms with Gasteiger partial charge in [0.05, 0.1) is 16.9 Å². The fourth-order valence-electron chi connectivity index (χ4n) is 14.1. The molecule has 388 valence electrons. The number of para-hydroxylation sites is 1. The van der Waals surface area contributed by atoms with Gasteiger partial charge in [0.1, 0.15) is 11.2 Å². The quantitative estimate of drug-likeness (QED) is 0.160. The summed E-state index contributed by atoms with van der Waals surface area (Å²) >= 11 is 0. The molecule has 77 heavy (non-hydrogen) atoms. The molecule has 9 aromatic rings. The second-order valence-electron chi connectivity index (χ2n) is 27.8. The standard InChI is InChI=1S/C72H76BN3O/c1-67(2,3)46-26-31-50(32-27-46)74(51-33-28-47(29-34-51)68(4,5)6)52-41-61-65-62(42-52)76-66-56(71(13)36-20-21-37-72(71,76)14)39-49(70(10,11)12)40-58(66)73(65)57-44-64-55(53-24-18-19-25-63(53)77-64)43-60(57)75(61)59-35-30-48(69(7,8)9)38-54(59)45-22-16-15-17-23-45/h15-19,22-35,38-44H,20-21,36-37H2,1-14H3. The first-order chi connectivity index (χ1) is 36.4. The van der Waals surface area contributed by atoms with E-state index in [0.717, 1.165) is 57.5 Å². The van der Waals surface area contributed by atoms with E-state index in [1.54, 1.807) is 0 Å². The van der Waals surface area contributed by atoms with Gasteiger partial charge < -0.3 is 19.1 Å². The van der Waals surface area contributed by atoms with Crippen LogP contribution in [0.5, 0.6) is 0 Å². The molecular weight excluding hydrogens is 934 g/mol. The van der Waals surface area contributed by atoms with Crippen LogP contribution in [-0.4, -0.2) is 12.3 Å². The fraction of sp³-hybridized carbons (Fsp3) is 0.333. The largest absolute Gasteiger partial charge is 0.456 e. The van der Waals surface area contributed by atoms with Gasteiger partial charge in [-0.2, -0.15) is 0 Å². The number of furan rings is 1. The average Bonchev–Trinajstić information content (AvgIpc) is 4.08. The SMILES string of the molecule is CC(C)(C)c1ccc(N(c2ccc(C(C)(C)C)cc2)c2cc3c4c(c2)N2c5c(cc(C(C)(C)C)cc5C5(C)CCCCC25C)B4c2cc4oc5ccccc5c4cc2N3c2ccc(C(C)(C)C)cc2-c2ccccc2)cc1. The molecule has 0 saturated heterocycles. The first-order valence-corrected chi connectivity index (χ1v) is 28.6. The van der Waals surface area contributed by atoms with Crippen molar-refractivity contribution in [3.63, 3.8) is 0 Å². The second-order valence-corrected chi connectivity index (χ2v) is 27.8. The maximum absolute atomic E-state index is 6.94. The van der Waals surface area contributed by atoms with Gasteiger partial charge in [0, 0.05) is 55.9 Å². The van der Waals surface area contributed by atoms with Crippen molar-refractivity contribution in [2.24, 2.45) is 0 Å². The third kappa shape index (κ3) is 7.52. The average molecular weight is 1010 g/mol. The molecule has 0 radical (unpaired) electrons. The van der Waals surface area contributed by atoms with Gasteiger partial charge in [-0.1, -0.05) is 194 Å². The summed E-state index contributed by atoms with van der Waals surface area (Å²) in [4.78, 5) is 8.12. The Morgan fingerprint density at radius 3 is 1.69 bits per heavy atom. The summed E-state index contributed by atoms with van der Waals surface area (Å²) in [5.41, 5.74) is 24.6. The molecule has 2 atom stereocenters. The van der Waals surface area contributed by atoms with Crippen LogP contribution in [0.25, 0.3) is 33.1 Å². The Kier molecular flexibility index (Phi) is 10.8. The van der Waals surface area contributed by atoms with E-state index in [1.807, 2.05) is 0 Å². The van der Waals surface area contributed by atoms with Crippen molar-refractivity contribution in [1.82, 2.24) is 0 Å². The van der Waals surface area contributed by atoms with E-state index < -0.39 is 0 Å². The predicted octanol–water partition coefficient (Wildman–Crippen LogP) is 18.3. The smallest absolute Gasteiger partial charge is 0.252 e. The third-order valence-electron chi connectivity index (χ3n) is 18.8. The van der Waals surface area contributed by atoms with Crippen molar-refractivity contribution in [3.8, 4) is 11.1 Å². The number of nitrogens with zero attached hydrogens (tertiary/aromatic N) is 3. The van der Waals surface area contributed by atoms with E-state index in [4.69, 9.17) is 4.42 Å². The molecule has 0 bridgehead atoms. The van der Waals surface area contributed by atoms with Gasteiger partial charge in [-0.15, -0.1) is 0 Å². The summed E-state index contributed by atoms with van der Waals surface area (Å²) in [5.74, 6) is 0. The van der Waals surface area contributed by atoms with E-state index in [-0.39, 0.29) is 39.3 Å². The third-order valence-corrected chi connectivity index (χ3v) is 18.8. The molecule has 4 nitrogen and oxygen atoms in total. The molecule has 1 aliphatic carbocycles. The Hall–Kier alpha value is -6.98. The monoisotopic (exact) mass is 1010 g/mol. The minimum absolute atomic E-state index is 0.0111. The highest BCUT2D eigenvalue weighted by Crippen LogP contribution is 2.63. The lowest BCUT2D eigenvalue weighted by molar-refractivity contribution is 0.195. The Morgan fingerprint density at radius 1 is 0.468 bits per heavy atom. The Bertz CT molecular complexity index is 3780. The molecule has 5 heteroatoms. The highest BCUT2D eigenvalue weighted by atomic mass is 16.3. The van der Waals surface area contributed by atoms with E-state index in [9.17, 15) is 0 Å². The topological polar surface area (TPSA) is 22.9 Å². The summed E-state index contributed by atoms with van der Waals surface area (Å²) in [5, 5.41) is 2.27. The van der Waals surface area contributed by atoms with Crippen LogP contribution in [0, 0.1) is 0 Å². The summed E-state index contributed by atoms with van der Waals surface area (Å²) in [7, 11) is 0. The molecule has 1 saturated carbocycles. The van der Waals surface area contributed by atoms with Gasteiger partial charge in [-0.25, -0.2) is 0 Å². The fourth-order valence-corrected chi connectivity index (χ4v) is 14.1.